The topological polar surface area (TPSA) is 66.5 Å². The summed E-state index contributed by atoms with van der Waals surface area (Å²) >= 11 is 3.36. The molecule has 1 aromatic rings. The minimum absolute atomic E-state index is 0.0697. The number of nitrogens with one attached hydrogen (secondary N) is 1. The second-order valence-corrected chi connectivity index (χ2v) is 8.52. The summed E-state index contributed by atoms with van der Waals surface area (Å²) in [6.07, 6.45) is 0.523. The van der Waals surface area contributed by atoms with Crippen molar-refractivity contribution >= 4 is 37.4 Å². The molecule has 0 aliphatic carbocycles. The highest BCUT2D eigenvalue weighted by molar-refractivity contribution is 9.10. The van der Waals surface area contributed by atoms with Gasteiger partial charge in [0.05, 0.1) is 11.5 Å². The van der Waals surface area contributed by atoms with Crippen molar-refractivity contribution in [2.75, 3.05) is 23.9 Å². The van der Waals surface area contributed by atoms with Gasteiger partial charge in [-0.05, 0) is 37.6 Å². The monoisotopic (exact) mass is 374 g/mol. The molecule has 2 rings (SSSR count). The fourth-order valence-electron chi connectivity index (χ4n) is 2.42. The smallest absolute Gasteiger partial charge is 0.244 e. The molecule has 0 radical (unpaired) electrons. The molecule has 116 valence electrons. The summed E-state index contributed by atoms with van der Waals surface area (Å²) in [6, 6.07) is 6.94. The summed E-state index contributed by atoms with van der Waals surface area (Å²) in [4.78, 5) is 13.9. The van der Waals surface area contributed by atoms with Crippen LogP contribution in [-0.2, 0) is 14.6 Å². The first-order valence-corrected chi connectivity index (χ1v) is 9.39. The highest BCUT2D eigenvalue weighted by Crippen LogP contribution is 2.19. The Kier molecular flexibility index (Phi) is 4.93. The lowest BCUT2D eigenvalue weighted by atomic mass is 10.2. The fraction of sp³-hybridized carbons (Fsp3) is 0.500. The van der Waals surface area contributed by atoms with E-state index in [2.05, 4.69) is 21.2 Å². The van der Waals surface area contributed by atoms with Crippen LogP contribution >= 0.6 is 15.9 Å². The Morgan fingerprint density at radius 3 is 2.52 bits per heavy atom. The molecule has 1 amide bonds. The van der Waals surface area contributed by atoms with Crippen LogP contribution in [0.5, 0.6) is 0 Å². The van der Waals surface area contributed by atoms with Gasteiger partial charge in [0, 0.05) is 23.2 Å². The average Bonchev–Trinajstić information content (AvgIpc) is 2.80. The number of nitrogens with zero attached hydrogens (tertiary/aromatic N) is 1. The van der Waals surface area contributed by atoms with Gasteiger partial charge in [-0.15, -0.1) is 0 Å². The molecule has 0 aromatic heterocycles. The number of carbonyl (C=O) groups is 1. The van der Waals surface area contributed by atoms with Crippen LogP contribution in [0, 0.1) is 0 Å². The quantitative estimate of drug-likeness (QED) is 0.873. The van der Waals surface area contributed by atoms with Gasteiger partial charge in [-0.1, -0.05) is 15.9 Å². The maximum absolute atomic E-state index is 12.4. The van der Waals surface area contributed by atoms with Gasteiger partial charge in [-0.3, -0.25) is 4.79 Å². The van der Waals surface area contributed by atoms with Crippen molar-refractivity contribution in [1.82, 2.24) is 4.90 Å². The van der Waals surface area contributed by atoms with Crippen LogP contribution in [0.25, 0.3) is 0 Å². The maximum atomic E-state index is 12.4. The third kappa shape index (κ3) is 4.20. The first-order valence-electron chi connectivity index (χ1n) is 6.78. The first-order chi connectivity index (χ1) is 9.78. The van der Waals surface area contributed by atoms with Gasteiger partial charge in [0.25, 0.3) is 0 Å². The SMILES string of the molecule is C[C@@H](Nc1ccc(Br)cc1)C(=O)N(C)[C@H]1CCS(=O)(=O)C1. The number of amides is 1. The molecule has 5 nitrogen and oxygen atoms in total. The normalized spacial score (nSPS) is 21.8. The predicted molar refractivity (Wildman–Crippen MR) is 87.1 cm³/mol. The van der Waals surface area contributed by atoms with Crippen LogP contribution in [0.3, 0.4) is 0 Å². The standard InChI is InChI=1S/C14H19BrN2O3S/c1-10(16-12-5-3-11(15)4-6-12)14(18)17(2)13-7-8-21(19,20)9-13/h3-6,10,13,16H,7-9H2,1-2H3/t10-,13+/m1/s1. The van der Waals surface area contributed by atoms with Gasteiger partial charge in [-0.25, -0.2) is 8.42 Å². The molecular formula is C14H19BrN2O3S. The molecule has 0 unspecified atom stereocenters. The molecule has 1 heterocycles. The minimum Gasteiger partial charge on any atom is -0.374 e. The van der Waals surface area contributed by atoms with E-state index >= 15 is 0 Å². The molecule has 0 bridgehead atoms. The summed E-state index contributed by atoms with van der Waals surface area (Å²) in [7, 11) is -1.31. The molecule has 1 fully saturated rings. The molecule has 1 aliphatic heterocycles. The van der Waals surface area contributed by atoms with Crippen molar-refractivity contribution in [3.05, 3.63) is 28.7 Å². The Bertz CT molecular complexity index is 616. The van der Waals surface area contributed by atoms with Gasteiger partial charge < -0.3 is 10.2 Å². The predicted octanol–water partition coefficient (Wildman–Crippen LogP) is 1.89. The number of anilines is 1. The van der Waals surface area contributed by atoms with E-state index in [4.69, 9.17) is 0 Å². The summed E-state index contributed by atoms with van der Waals surface area (Å²) < 4.78 is 24.0. The number of hydrogen-bond acceptors (Lipinski definition) is 4. The van der Waals surface area contributed by atoms with Crippen LogP contribution < -0.4 is 5.32 Å². The molecule has 21 heavy (non-hydrogen) atoms. The number of benzene rings is 1. The summed E-state index contributed by atoms with van der Waals surface area (Å²) in [6.45, 7) is 1.78. The van der Waals surface area contributed by atoms with Gasteiger partial charge in [0.2, 0.25) is 5.91 Å². The number of sulfone groups is 1. The lowest BCUT2D eigenvalue weighted by Crippen LogP contribution is -2.45. The zero-order valence-corrected chi connectivity index (χ0v) is 14.4. The molecule has 7 heteroatoms. The van der Waals surface area contributed by atoms with E-state index in [0.717, 1.165) is 10.2 Å². The van der Waals surface area contributed by atoms with Gasteiger partial charge in [0.1, 0.15) is 6.04 Å². The van der Waals surface area contributed by atoms with Crippen LogP contribution in [0.4, 0.5) is 5.69 Å². The lowest BCUT2D eigenvalue weighted by Gasteiger charge is -2.27. The van der Waals surface area contributed by atoms with Gasteiger partial charge in [-0.2, -0.15) is 0 Å². The Morgan fingerprint density at radius 2 is 2.00 bits per heavy atom. The molecule has 0 spiro atoms. The average molecular weight is 375 g/mol. The van der Waals surface area contributed by atoms with E-state index in [9.17, 15) is 13.2 Å². The van der Waals surface area contributed by atoms with Crippen molar-refractivity contribution in [2.24, 2.45) is 0 Å². The number of hydrogen-bond donors (Lipinski definition) is 1. The molecule has 2 atom stereocenters. The molecular weight excluding hydrogens is 356 g/mol. The second kappa shape index (κ2) is 6.36. The number of carbonyl (C=O) groups excluding carboxylic acids is 1. The Labute approximate surface area is 133 Å². The van der Waals surface area contributed by atoms with Crippen LogP contribution in [0.1, 0.15) is 13.3 Å². The molecule has 0 saturated carbocycles. The van der Waals surface area contributed by atoms with Gasteiger partial charge in [0.15, 0.2) is 9.84 Å². The molecule has 1 aliphatic rings. The Hall–Kier alpha value is -1.08. The molecule has 1 saturated heterocycles. The van der Waals surface area contributed by atoms with E-state index in [0.29, 0.717) is 6.42 Å². The number of likely N-dealkylation sites (N-methyl/N-ethyl adjacent to an activating group) is 1. The van der Waals surface area contributed by atoms with Crippen molar-refractivity contribution in [3.63, 3.8) is 0 Å². The summed E-state index contributed by atoms with van der Waals surface area (Å²) in [5.41, 5.74) is 0.853. The zero-order valence-electron chi connectivity index (χ0n) is 12.0. The third-order valence-electron chi connectivity index (χ3n) is 3.70. The van der Waals surface area contributed by atoms with E-state index < -0.39 is 15.9 Å². The van der Waals surface area contributed by atoms with Crippen LogP contribution in [0.2, 0.25) is 0 Å². The van der Waals surface area contributed by atoms with Crippen molar-refractivity contribution in [3.8, 4) is 0 Å². The van der Waals surface area contributed by atoms with Crippen molar-refractivity contribution in [1.29, 1.82) is 0 Å². The zero-order chi connectivity index (χ0) is 15.6. The third-order valence-corrected chi connectivity index (χ3v) is 5.98. The largest absolute Gasteiger partial charge is 0.374 e. The summed E-state index contributed by atoms with van der Waals surface area (Å²) in [5, 5.41) is 3.13. The summed E-state index contributed by atoms with van der Waals surface area (Å²) in [5.74, 6) is 0.143. The van der Waals surface area contributed by atoms with Crippen LogP contribution in [0.15, 0.2) is 28.7 Å². The Balaban J connectivity index is 1.97. The lowest BCUT2D eigenvalue weighted by molar-refractivity contribution is -0.132. The van der Waals surface area contributed by atoms with E-state index in [1.165, 1.54) is 0 Å². The second-order valence-electron chi connectivity index (χ2n) is 5.38. The number of halogens is 1. The first kappa shape index (κ1) is 16.3. The maximum Gasteiger partial charge on any atom is 0.244 e. The van der Waals surface area contributed by atoms with E-state index in [1.807, 2.05) is 24.3 Å². The highest BCUT2D eigenvalue weighted by Gasteiger charge is 2.33. The fourth-order valence-corrected chi connectivity index (χ4v) is 4.46. The van der Waals surface area contributed by atoms with Gasteiger partial charge >= 0.3 is 0 Å². The highest BCUT2D eigenvalue weighted by atomic mass is 79.9. The minimum atomic E-state index is -2.98. The van der Waals surface area contributed by atoms with Crippen molar-refractivity contribution < 1.29 is 13.2 Å². The Morgan fingerprint density at radius 1 is 1.38 bits per heavy atom. The molecule has 1 aromatic carbocycles. The van der Waals surface area contributed by atoms with E-state index in [1.54, 1.807) is 18.9 Å². The van der Waals surface area contributed by atoms with Crippen molar-refractivity contribution in [2.45, 2.75) is 25.4 Å². The van der Waals surface area contributed by atoms with Crippen LogP contribution in [-0.4, -0.2) is 49.9 Å². The number of rotatable bonds is 4. The molecule has 1 N–H and O–H groups in total. The van der Waals surface area contributed by atoms with E-state index in [-0.39, 0.29) is 23.5 Å².